The van der Waals surface area contributed by atoms with Crippen LogP contribution < -0.4 is 10.7 Å². The van der Waals surface area contributed by atoms with Gasteiger partial charge in [-0.05, 0) is 47.7 Å². The Morgan fingerprint density at radius 1 is 1.43 bits per heavy atom. The average Bonchev–Trinajstić information content (AvgIpc) is 2.86. The number of nitriles is 1. The Hall–Kier alpha value is -1.38. The van der Waals surface area contributed by atoms with Gasteiger partial charge in [-0.2, -0.15) is 5.26 Å². The molecule has 3 rings (SSSR count). The fourth-order valence-electron chi connectivity index (χ4n) is 2.99. The summed E-state index contributed by atoms with van der Waals surface area (Å²) in [6, 6.07) is 4.43. The molecule has 2 aromatic heterocycles. The average molecular weight is 363 g/mol. The number of fused-ring (bicyclic) bond motifs is 1. The van der Waals surface area contributed by atoms with E-state index in [4.69, 9.17) is 5.73 Å². The van der Waals surface area contributed by atoms with Crippen LogP contribution in [0.25, 0.3) is 10.4 Å². The number of nitrogen functional groups attached to an aromatic ring is 1. The van der Waals surface area contributed by atoms with Gasteiger partial charge in [-0.3, -0.25) is 5.73 Å². The predicted molar refractivity (Wildman–Crippen MR) is 89.2 cm³/mol. The van der Waals surface area contributed by atoms with Gasteiger partial charge in [-0.15, -0.1) is 11.3 Å². The van der Waals surface area contributed by atoms with Crippen LogP contribution in [-0.2, 0) is 19.3 Å². The van der Waals surface area contributed by atoms with Crippen molar-refractivity contribution < 1.29 is 4.98 Å². The Morgan fingerprint density at radius 2 is 2.19 bits per heavy atom. The number of H-pyrrole nitrogens is 1. The summed E-state index contributed by atoms with van der Waals surface area (Å²) in [6.45, 7) is 2.15. The maximum Gasteiger partial charge on any atom is 0.289 e. The number of aryl methyl sites for hydroxylation is 2. The van der Waals surface area contributed by atoms with Gasteiger partial charge in [0.05, 0.1) is 0 Å². The SMILES string of the molecule is CCc1sc(-c2c(C#N)c(N)[nH+]c3c2CCCC3)cc1Br. The summed E-state index contributed by atoms with van der Waals surface area (Å²) in [4.78, 5) is 5.70. The second kappa shape index (κ2) is 5.78. The topological polar surface area (TPSA) is 64.0 Å². The standard InChI is InChI=1S/C16H16BrN3S/c1-2-13-11(17)7-14(21-13)15-9-5-3-4-6-12(9)20-16(19)10(15)8-18/h7H,2-6H2,1H3,(H2,19,20)/p+1. The number of hydrogen-bond acceptors (Lipinski definition) is 3. The maximum atomic E-state index is 9.54. The first kappa shape index (κ1) is 14.6. The van der Waals surface area contributed by atoms with Crippen LogP contribution >= 0.6 is 27.3 Å². The maximum absolute atomic E-state index is 9.54. The molecule has 1 aliphatic rings. The first-order chi connectivity index (χ1) is 10.2. The quantitative estimate of drug-likeness (QED) is 0.880. The van der Waals surface area contributed by atoms with E-state index in [9.17, 15) is 5.26 Å². The van der Waals surface area contributed by atoms with Crippen LogP contribution in [0.15, 0.2) is 10.5 Å². The van der Waals surface area contributed by atoms with E-state index < -0.39 is 0 Å². The monoisotopic (exact) mass is 362 g/mol. The van der Waals surface area contributed by atoms with Gasteiger partial charge in [-0.1, -0.05) is 6.92 Å². The Labute approximate surface area is 136 Å². The molecule has 3 nitrogen and oxygen atoms in total. The van der Waals surface area contributed by atoms with Gasteiger partial charge in [0.25, 0.3) is 5.82 Å². The third-order valence-electron chi connectivity index (χ3n) is 4.01. The normalized spacial score (nSPS) is 13.8. The van der Waals surface area contributed by atoms with Gasteiger partial charge in [0, 0.05) is 31.8 Å². The van der Waals surface area contributed by atoms with Gasteiger partial charge in [0.15, 0.2) is 0 Å². The van der Waals surface area contributed by atoms with E-state index in [-0.39, 0.29) is 0 Å². The molecule has 0 atom stereocenters. The molecule has 0 aliphatic heterocycles. The van der Waals surface area contributed by atoms with Crippen molar-refractivity contribution in [2.24, 2.45) is 0 Å². The van der Waals surface area contributed by atoms with Gasteiger partial charge in [0.1, 0.15) is 17.3 Å². The number of aromatic nitrogens is 1. The fourth-order valence-corrected chi connectivity index (χ4v) is 4.96. The second-order valence-electron chi connectivity index (χ2n) is 5.30. The van der Waals surface area contributed by atoms with Crippen molar-refractivity contribution >= 4 is 33.1 Å². The van der Waals surface area contributed by atoms with E-state index in [1.807, 2.05) is 0 Å². The number of pyridine rings is 1. The Bertz CT molecular complexity index is 743. The number of aromatic amines is 1. The molecule has 0 aromatic carbocycles. The summed E-state index contributed by atoms with van der Waals surface area (Å²) in [5.74, 6) is 0.496. The summed E-state index contributed by atoms with van der Waals surface area (Å²) in [5.41, 5.74) is 10.2. The zero-order valence-electron chi connectivity index (χ0n) is 11.9. The first-order valence-corrected chi connectivity index (χ1v) is 8.81. The van der Waals surface area contributed by atoms with Crippen molar-refractivity contribution in [1.82, 2.24) is 0 Å². The van der Waals surface area contributed by atoms with Gasteiger partial charge >= 0.3 is 0 Å². The highest BCUT2D eigenvalue weighted by molar-refractivity contribution is 9.10. The third kappa shape index (κ3) is 2.47. The van der Waals surface area contributed by atoms with Crippen LogP contribution in [-0.4, -0.2) is 0 Å². The summed E-state index contributed by atoms with van der Waals surface area (Å²) in [5, 5.41) is 9.54. The van der Waals surface area contributed by atoms with E-state index >= 15 is 0 Å². The molecule has 0 spiro atoms. The number of nitrogens with two attached hydrogens (primary N) is 1. The molecular weight excluding hydrogens is 346 g/mol. The minimum atomic E-state index is 0.496. The number of nitrogens with zero attached hydrogens (tertiary/aromatic N) is 1. The molecule has 0 saturated heterocycles. The molecule has 2 heterocycles. The van der Waals surface area contributed by atoms with E-state index in [1.165, 1.54) is 29.0 Å². The van der Waals surface area contributed by atoms with Gasteiger partial charge in [-0.25, -0.2) is 4.98 Å². The van der Waals surface area contributed by atoms with Crippen molar-refractivity contribution in [3.05, 3.63) is 32.2 Å². The molecule has 5 heteroatoms. The molecule has 0 fully saturated rings. The van der Waals surface area contributed by atoms with Gasteiger partial charge in [0.2, 0.25) is 0 Å². The Kier molecular flexibility index (Phi) is 4.01. The minimum Gasteiger partial charge on any atom is -0.286 e. The molecule has 108 valence electrons. The Balaban J connectivity index is 2.29. The van der Waals surface area contributed by atoms with Crippen molar-refractivity contribution in [1.29, 1.82) is 5.26 Å². The van der Waals surface area contributed by atoms with Crippen molar-refractivity contribution in [3.8, 4) is 16.5 Å². The molecular formula is C16H17BrN3S+. The van der Waals surface area contributed by atoms with Crippen molar-refractivity contribution in [2.45, 2.75) is 39.0 Å². The summed E-state index contributed by atoms with van der Waals surface area (Å²) < 4.78 is 1.13. The molecule has 0 saturated carbocycles. The van der Waals surface area contributed by atoms with Crippen molar-refractivity contribution in [2.75, 3.05) is 5.73 Å². The highest BCUT2D eigenvalue weighted by atomic mass is 79.9. The molecule has 2 aromatic rings. The molecule has 0 unspecified atom stereocenters. The van der Waals surface area contributed by atoms with E-state index in [0.717, 1.165) is 34.2 Å². The highest BCUT2D eigenvalue weighted by Gasteiger charge is 2.26. The summed E-state index contributed by atoms with van der Waals surface area (Å²) in [7, 11) is 0. The number of thiophene rings is 1. The number of halogens is 1. The third-order valence-corrected chi connectivity index (χ3v) is 6.28. The van der Waals surface area contributed by atoms with Crippen LogP contribution in [0, 0.1) is 11.3 Å². The lowest BCUT2D eigenvalue weighted by atomic mass is 9.89. The smallest absolute Gasteiger partial charge is 0.286 e. The number of hydrogen-bond donors (Lipinski definition) is 1. The van der Waals surface area contributed by atoms with Crippen LogP contribution in [0.1, 0.15) is 41.5 Å². The summed E-state index contributed by atoms with van der Waals surface area (Å²) in [6.07, 6.45) is 5.39. The van der Waals surface area contributed by atoms with Crippen LogP contribution in [0.5, 0.6) is 0 Å². The van der Waals surface area contributed by atoms with E-state index in [0.29, 0.717) is 11.4 Å². The summed E-state index contributed by atoms with van der Waals surface area (Å²) >= 11 is 5.38. The predicted octanol–water partition coefficient (Wildman–Crippen LogP) is 3.89. The number of nitrogens with one attached hydrogen (secondary N) is 1. The van der Waals surface area contributed by atoms with Crippen LogP contribution in [0.4, 0.5) is 5.82 Å². The molecule has 0 amide bonds. The molecule has 1 aliphatic carbocycles. The molecule has 3 N–H and O–H groups in total. The van der Waals surface area contributed by atoms with Gasteiger partial charge < -0.3 is 0 Å². The lowest BCUT2D eigenvalue weighted by Crippen LogP contribution is -2.24. The van der Waals surface area contributed by atoms with Crippen molar-refractivity contribution in [3.63, 3.8) is 0 Å². The van der Waals surface area contributed by atoms with Crippen LogP contribution in [0.3, 0.4) is 0 Å². The largest absolute Gasteiger partial charge is 0.289 e. The first-order valence-electron chi connectivity index (χ1n) is 7.20. The van der Waals surface area contributed by atoms with Crippen LogP contribution in [0.2, 0.25) is 0 Å². The van der Waals surface area contributed by atoms with E-state index in [1.54, 1.807) is 11.3 Å². The highest BCUT2D eigenvalue weighted by Crippen LogP contribution is 2.41. The zero-order chi connectivity index (χ0) is 15.0. The second-order valence-corrected chi connectivity index (χ2v) is 7.29. The molecule has 0 bridgehead atoms. The molecule has 21 heavy (non-hydrogen) atoms. The van der Waals surface area contributed by atoms with E-state index in [2.05, 4.69) is 40.0 Å². The zero-order valence-corrected chi connectivity index (χ0v) is 14.3. The minimum absolute atomic E-state index is 0.496. The fraction of sp³-hybridized carbons (Fsp3) is 0.375. The number of anilines is 1. The number of rotatable bonds is 2. The molecule has 0 radical (unpaired) electrons. The lowest BCUT2D eigenvalue weighted by molar-refractivity contribution is -0.374. The lowest BCUT2D eigenvalue weighted by Gasteiger charge is -2.17. The Morgan fingerprint density at radius 3 is 2.86 bits per heavy atom.